The monoisotopic (exact) mass is 395 g/mol. The number of tetrazole rings is 1. The lowest BCUT2D eigenvalue weighted by atomic mass is 9.99. The SMILES string of the molecule is CCc1ccc2[nH]c(=O)c([C@H](c3nnnn3C(C)(C)CC)[NH+]3CCCC3)cc2c1. The molecule has 0 spiro atoms. The van der Waals surface area contributed by atoms with E-state index in [0.29, 0.717) is 0 Å². The number of rotatable bonds is 6. The summed E-state index contributed by atoms with van der Waals surface area (Å²) in [6, 6.07) is 8.13. The molecule has 154 valence electrons. The molecule has 4 rings (SSSR count). The van der Waals surface area contributed by atoms with Gasteiger partial charge in [0, 0.05) is 18.4 Å². The van der Waals surface area contributed by atoms with E-state index in [-0.39, 0.29) is 17.1 Å². The Labute approximate surface area is 171 Å². The van der Waals surface area contributed by atoms with Gasteiger partial charge in [0.25, 0.3) is 5.56 Å². The molecule has 7 heteroatoms. The van der Waals surface area contributed by atoms with Crippen LogP contribution in [0.15, 0.2) is 29.1 Å². The predicted octanol–water partition coefficient (Wildman–Crippen LogP) is 1.99. The number of fused-ring (bicyclic) bond motifs is 1. The molecule has 7 nitrogen and oxygen atoms in total. The number of hydrogen-bond acceptors (Lipinski definition) is 4. The van der Waals surface area contributed by atoms with Gasteiger partial charge in [-0.1, -0.05) is 19.9 Å². The van der Waals surface area contributed by atoms with E-state index in [1.165, 1.54) is 10.5 Å². The highest BCUT2D eigenvalue weighted by Gasteiger charge is 2.38. The summed E-state index contributed by atoms with van der Waals surface area (Å²) in [4.78, 5) is 17.6. The predicted molar refractivity (Wildman–Crippen MR) is 113 cm³/mol. The molecular formula is C22H31N6O+. The lowest BCUT2D eigenvalue weighted by molar-refractivity contribution is -0.914. The molecule has 1 aromatic carbocycles. The number of quaternary nitrogens is 1. The Morgan fingerprint density at radius 2 is 1.97 bits per heavy atom. The molecule has 0 saturated carbocycles. The van der Waals surface area contributed by atoms with Crippen molar-refractivity contribution in [3.05, 3.63) is 51.6 Å². The first kappa shape index (κ1) is 19.8. The van der Waals surface area contributed by atoms with Crippen LogP contribution in [0.3, 0.4) is 0 Å². The molecule has 1 aliphatic heterocycles. The van der Waals surface area contributed by atoms with Crippen molar-refractivity contribution in [1.29, 1.82) is 0 Å². The van der Waals surface area contributed by atoms with E-state index in [1.807, 2.05) is 10.7 Å². The number of aromatic amines is 1. The first-order valence-electron chi connectivity index (χ1n) is 10.7. The first-order chi connectivity index (χ1) is 13.9. The van der Waals surface area contributed by atoms with Gasteiger partial charge in [-0.25, -0.2) is 4.68 Å². The number of aromatic nitrogens is 5. The summed E-state index contributed by atoms with van der Waals surface area (Å²) in [6.45, 7) is 10.6. The summed E-state index contributed by atoms with van der Waals surface area (Å²) < 4.78 is 1.93. The van der Waals surface area contributed by atoms with Gasteiger partial charge in [-0.15, -0.1) is 5.10 Å². The van der Waals surface area contributed by atoms with Gasteiger partial charge in [0.15, 0.2) is 6.04 Å². The normalized spacial score (nSPS) is 16.6. The second kappa shape index (κ2) is 7.71. The number of hydrogen-bond donors (Lipinski definition) is 2. The zero-order valence-electron chi connectivity index (χ0n) is 17.8. The van der Waals surface area contributed by atoms with Gasteiger partial charge in [-0.2, -0.15) is 0 Å². The highest BCUT2D eigenvalue weighted by molar-refractivity contribution is 5.79. The number of likely N-dealkylation sites (tertiary alicyclic amines) is 1. The van der Waals surface area contributed by atoms with Crippen molar-refractivity contribution in [3.8, 4) is 0 Å². The summed E-state index contributed by atoms with van der Waals surface area (Å²) in [7, 11) is 0. The van der Waals surface area contributed by atoms with Crippen LogP contribution in [0.25, 0.3) is 10.9 Å². The summed E-state index contributed by atoms with van der Waals surface area (Å²) in [5.41, 5.74) is 2.63. The van der Waals surface area contributed by atoms with Gasteiger partial charge in [-0.3, -0.25) is 4.79 Å². The van der Waals surface area contributed by atoms with Crippen LogP contribution in [0, 0.1) is 0 Å². The standard InChI is InChI=1S/C22H30N6O/c1-5-15-9-10-18-16(13-15)14-17(21(29)23-18)19(27-11-7-8-12-27)20-24-25-26-28(20)22(3,4)6-2/h9-10,13-14,19H,5-8,11-12H2,1-4H3,(H,23,29)/p+1/t19-/m1/s1. The number of nitrogens with zero attached hydrogens (tertiary/aromatic N) is 4. The largest absolute Gasteiger partial charge is 0.322 e. The topological polar surface area (TPSA) is 80.9 Å². The van der Waals surface area contributed by atoms with Crippen LogP contribution in [-0.2, 0) is 12.0 Å². The van der Waals surface area contributed by atoms with E-state index in [1.54, 1.807) is 0 Å². The number of benzene rings is 1. The van der Waals surface area contributed by atoms with E-state index in [9.17, 15) is 4.79 Å². The van der Waals surface area contributed by atoms with Crippen LogP contribution in [0.2, 0.25) is 0 Å². The molecule has 0 amide bonds. The van der Waals surface area contributed by atoms with Gasteiger partial charge in [-0.05, 0) is 66.3 Å². The average Bonchev–Trinajstić information content (AvgIpc) is 3.41. The fourth-order valence-corrected chi connectivity index (χ4v) is 4.32. The Balaban J connectivity index is 1.91. The molecule has 3 aromatic rings. The maximum Gasteiger partial charge on any atom is 0.258 e. The number of pyridine rings is 1. The van der Waals surface area contributed by atoms with Crippen molar-refractivity contribution in [2.75, 3.05) is 13.1 Å². The van der Waals surface area contributed by atoms with Crippen LogP contribution in [0.1, 0.15) is 70.0 Å². The second-order valence-corrected chi connectivity index (χ2v) is 8.74. The van der Waals surface area contributed by atoms with Crippen LogP contribution < -0.4 is 10.5 Å². The Hall–Kier alpha value is -2.54. The molecule has 2 aromatic heterocycles. The van der Waals surface area contributed by atoms with Gasteiger partial charge in [0.05, 0.1) is 24.2 Å². The zero-order valence-corrected chi connectivity index (χ0v) is 17.8. The van der Waals surface area contributed by atoms with Gasteiger partial charge in [0.1, 0.15) is 0 Å². The molecule has 0 bridgehead atoms. The van der Waals surface area contributed by atoms with Crippen molar-refractivity contribution >= 4 is 10.9 Å². The minimum atomic E-state index is -0.213. The Morgan fingerprint density at radius 3 is 2.66 bits per heavy atom. The third-order valence-corrected chi connectivity index (χ3v) is 6.50. The van der Waals surface area contributed by atoms with Gasteiger partial charge >= 0.3 is 0 Å². The molecular weight excluding hydrogens is 364 g/mol. The minimum absolute atomic E-state index is 0.0463. The van der Waals surface area contributed by atoms with Crippen LogP contribution in [-0.4, -0.2) is 38.3 Å². The fourth-order valence-electron chi connectivity index (χ4n) is 4.32. The average molecular weight is 396 g/mol. The molecule has 3 heterocycles. The molecule has 0 aliphatic carbocycles. The van der Waals surface area contributed by atoms with Crippen molar-refractivity contribution in [1.82, 2.24) is 25.2 Å². The molecule has 1 atom stereocenters. The Morgan fingerprint density at radius 1 is 1.21 bits per heavy atom. The van der Waals surface area contributed by atoms with Crippen LogP contribution >= 0.6 is 0 Å². The maximum absolute atomic E-state index is 13.2. The lowest BCUT2D eigenvalue weighted by Crippen LogP contribution is -3.10. The van der Waals surface area contributed by atoms with Gasteiger partial charge < -0.3 is 9.88 Å². The Bertz CT molecular complexity index is 1060. The van der Waals surface area contributed by atoms with E-state index < -0.39 is 0 Å². The minimum Gasteiger partial charge on any atom is -0.322 e. The first-order valence-corrected chi connectivity index (χ1v) is 10.7. The summed E-state index contributed by atoms with van der Waals surface area (Å²) in [6.07, 6.45) is 4.20. The summed E-state index contributed by atoms with van der Waals surface area (Å²) in [5, 5.41) is 13.8. The molecule has 1 aliphatic rings. The Kier molecular flexibility index (Phi) is 5.25. The summed E-state index contributed by atoms with van der Waals surface area (Å²) >= 11 is 0. The van der Waals surface area contributed by atoms with Crippen molar-refractivity contribution in [2.45, 2.75) is 65.0 Å². The molecule has 1 fully saturated rings. The maximum atomic E-state index is 13.2. The van der Waals surface area contributed by atoms with Gasteiger partial charge in [0.2, 0.25) is 5.82 Å². The molecule has 29 heavy (non-hydrogen) atoms. The smallest absolute Gasteiger partial charge is 0.258 e. The van der Waals surface area contributed by atoms with Crippen molar-refractivity contribution < 1.29 is 4.90 Å². The van der Waals surface area contributed by atoms with Crippen LogP contribution in [0.5, 0.6) is 0 Å². The fraction of sp³-hybridized carbons (Fsp3) is 0.545. The molecule has 0 unspecified atom stereocenters. The van der Waals surface area contributed by atoms with E-state index in [2.05, 4.69) is 66.4 Å². The second-order valence-electron chi connectivity index (χ2n) is 8.74. The van der Waals surface area contributed by atoms with Crippen molar-refractivity contribution in [3.63, 3.8) is 0 Å². The number of H-pyrrole nitrogens is 1. The highest BCUT2D eigenvalue weighted by atomic mass is 16.1. The number of aryl methyl sites for hydroxylation is 1. The zero-order chi connectivity index (χ0) is 20.6. The van der Waals surface area contributed by atoms with E-state index >= 15 is 0 Å². The quantitative estimate of drug-likeness (QED) is 0.669. The summed E-state index contributed by atoms with van der Waals surface area (Å²) in [5.74, 6) is 0.783. The molecule has 1 saturated heterocycles. The molecule has 2 N–H and O–H groups in total. The third kappa shape index (κ3) is 3.59. The van der Waals surface area contributed by atoms with E-state index in [4.69, 9.17) is 0 Å². The lowest BCUT2D eigenvalue weighted by Gasteiger charge is -2.29. The highest BCUT2D eigenvalue weighted by Crippen LogP contribution is 2.25. The third-order valence-electron chi connectivity index (χ3n) is 6.50. The molecule has 0 radical (unpaired) electrons. The number of nitrogens with one attached hydrogen (secondary N) is 2. The van der Waals surface area contributed by atoms with Crippen LogP contribution in [0.4, 0.5) is 0 Å². The van der Waals surface area contributed by atoms with Crippen molar-refractivity contribution in [2.24, 2.45) is 0 Å². The van der Waals surface area contributed by atoms with E-state index in [0.717, 1.165) is 61.1 Å².